The predicted molar refractivity (Wildman–Crippen MR) is 65.2 cm³/mol. The zero-order valence-electron chi connectivity index (χ0n) is 9.94. The molecule has 0 spiro atoms. The maximum absolute atomic E-state index is 11.3. The summed E-state index contributed by atoms with van der Waals surface area (Å²) in [5, 5.41) is 7.53. The van der Waals surface area contributed by atoms with Gasteiger partial charge in [0.15, 0.2) is 10.8 Å². The van der Waals surface area contributed by atoms with Gasteiger partial charge < -0.3 is 15.4 Å². The van der Waals surface area contributed by atoms with Crippen molar-refractivity contribution in [2.24, 2.45) is 0 Å². The third kappa shape index (κ3) is 3.70. The van der Waals surface area contributed by atoms with Crippen LogP contribution in [0.1, 0.15) is 24.3 Å². The van der Waals surface area contributed by atoms with Gasteiger partial charge in [0.2, 0.25) is 5.91 Å². The second kappa shape index (κ2) is 6.19. The molecule has 6 nitrogen and oxygen atoms in total. The number of likely N-dealkylation sites (N-methyl/N-ethyl adjacent to an activating group) is 1. The fraction of sp³-hybridized carbons (Fsp3) is 0.500. The van der Waals surface area contributed by atoms with Crippen LogP contribution in [0.2, 0.25) is 0 Å². The van der Waals surface area contributed by atoms with E-state index in [0.29, 0.717) is 11.7 Å². The molecule has 1 heterocycles. The Kier molecular flexibility index (Phi) is 4.89. The minimum Gasteiger partial charge on any atom is -0.461 e. The van der Waals surface area contributed by atoms with Gasteiger partial charge in [0.25, 0.3) is 0 Å². The van der Waals surface area contributed by atoms with Crippen LogP contribution in [-0.4, -0.2) is 36.6 Å². The number of hydrogen-bond acceptors (Lipinski definition) is 6. The van der Waals surface area contributed by atoms with Crippen LogP contribution < -0.4 is 10.6 Å². The van der Waals surface area contributed by atoms with Gasteiger partial charge in [0, 0.05) is 12.4 Å². The van der Waals surface area contributed by atoms with Crippen LogP contribution in [0.15, 0.2) is 5.38 Å². The van der Waals surface area contributed by atoms with E-state index in [1.54, 1.807) is 26.3 Å². The highest BCUT2D eigenvalue weighted by molar-refractivity contribution is 7.13. The molecule has 0 aliphatic heterocycles. The Morgan fingerprint density at radius 1 is 1.59 bits per heavy atom. The van der Waals surface area contributed by atoms with Crippen molar-refractivity contribution in [3.8, 4) is 0 Å². The second-order valence-corrected chi connectivity index (χ2v) is 4.10. The van der Waals surface area contributed by atoms with E-state index in [1.807, 2.05) is 0 Å². The molecule has 94 valence electrons. The van der Waals surface area contributed by atoms with Gasteiger partial charge >= 0.3 is 5.97 Å². The number of rotatable bonds is 5. The molecular formula is C10H15N3O3S. The van der Waals surface area contributed by atoms with Gasteiger partial charge in [-0.25, -0.2) is 9.78 Å². The summed E-state index contributed by atoms with van der Waals surface area (Å²) in [5.74, 6) is -0.595. The molecule has 7 heteroatoms. The van der Waals surface area contributed by atoms with Crippen molar-refractivity contribution in [3.63, 3.8) is 0 Å². The number of thiazole rings is 1. The predicted octanol–water partition coefficient (Wildman–Crippen LogP) is 0.866. The minimum absolute atomic E-state index is 0.141. The van der Waals surface area contributed by atoms with E-state index < -0.39 is 12.0 Å². The van der Waals surface area contributed by atoms with E-state index in [1.165, 1.54) is 11.3 Å². The molecule has 0 saturated heterocycles. The van der Waals surface area contributed by atoms with Gasteiger partial charge in [-0.05, 0) is 13.8 Å². The van der Waals surface area contributed by atoms with E-state index in [-0.39, 0.29) is 11.6 Å². The SMILES string of the molecule is CCOC(=O)c1csc(NC(C)C(=O)NC)n1. The van der Waals surface area contributed by atoms with Crippen LogP contribution in [0.3, 0.4) is 0 Å². The molecule has 0 aliphatic rings. The number of nitrogens with one attached hydrogen (secondary N) is 2. The maximum atomic E-state index is 11.3. The first-order valence-electron chi connectivity index (χ1n) is 5.19. The van der Waals surface area contributed by atoms with Crippen molar-refractivity contribution in [3.05, 3.63) is 11.1 Å². The van der Waals surface area contributed by atoms with E-state index in [0.717, 1.165) is 0 Å². The van der Waals surface area contributed by atoms with Gasteiger partial charge in [-0.15, -0.1) is 11.3 Å². The lowest BCUT2D eigenvalue weighted by Crippen LogP contribution is -2.35. The number of carbonyl (C=O) groups excluding carboxylic acids is 2. The molecule has 0 aromatic carbocycles. The lowest BCUT2D eigenvalue weighted by atomic mass is 10.3. The Labute approximate surface area is 103 Å². The number of hydrogen-bond donors (Lipinski definition) is 2. The van der Waals surface area contributed by atoms with Crippen molar-refractivity contribution >= 4 is 28.3 Å². The molecule has 0 aliphatic carbocycles. The van der Waals surface area contributed by atoms with Gasteiger partial charge in [-0.3, -0.25) is 4.79 Å². The number of amides is 1. The summed E-state index contributed by atoms with van der Waals surface area (Å²) in [6, 6.07) is -0.402. The standard InChI is InChI=1S/C10H15N3O3S/c1-4-16-9(15)7-5-17-10(13-7)12-6(2)8(14)11-3/h5-6H,4H2,1-3H3,(H,11,14)(H,12,13). The fourth-order valence-electron chi connectivity index (χ4n) is 1.11. The average molecular weight is 257 g/mol. The summed E-state index contributed by atoms with van der Waals surface area (Å²) in [5.41, 5.74) is 0.253. The Morgan fingerprint density at radius 3 is 2.88 bits per heavy atom. The van der Waals surface area contributed by atoms with Crippen LogP contribution >= 0.6 is 11.3 Å². The van der Waals surface area contributed by atoms with Gasteiger partial charge in [-0.2, -0.15) is 0 Å². The molecule has 1 aromatic heterocycles. The summed E-state index contributed by atoms with van der Waals surface area (Å²) in [6.07, 6.45) is 0. The van der Waals surface area contributed by atoms with Crippen LogP contribution in [0.4, 0.5) is 5.13 Å². The summed E-state index contributed by atoms with van der Waals surface area (Å²) < 4.78 is 4.81. The number of anilines is 1. The van der Waals surface area contributed by atoms with E-state index in [4.69, 9.17) is 4.74 Å². The quantitative estimate of drug-likeness (QED) is 0.765. The zero-order chi connectivity index (χ0) is 12.8. The highest BCUT2D eigenvalue weighted by atomic mass is 32.1. The summed E-state index contributed by atoms with van der Waals surface area (Å²) >= 11 is 1.26. The van der Waals surface area contributed by atoms with E-state index in [9.17, 15) is 9.59 Å². The zero-order valence-corrected chi connectivity index (χ0v) is 10.8. The highest BCUT2D eigenvalue weighted by Crippen LogP contribution is 2.17. The van der Waals surface area contributed by atoms with Crippen molar-refractivity contribution in [2.45, 2.75) is 19.9 Å². The molecule has 2 N–H and O–H groups in total. The Bertz CT molecular complexity index is 405. The molecule has 1 unspecified atom stereocenters. The third-order valence-electron chi connectivity index (χ3n) is 1.97. The molecule has 1 aromatic rings. The third-order valence-corrected chi connectivity index (χ3v) is 2.74. The first-order valence-corrected chi connectivity index (χ1v) is 6.07. The normalized spacial score (nSPS) is 11.7. The molecule has 0 bridgehead atoms. The lowest BCUT2D eigenvalue weighted by molar-refractivity contribution is -0.121. The summed E-state index contributed by atoms with van der Waals surface area (Å²) in [6.45, 7) is 3.76. The molecule has 1 rings (SSSR count). The monoisotopic (exact) mass is 257 g/mol. The molecular weight excluding hydrogens is 242 g/mol. The number of carbonyl (C=O) groups is 2. The van der Waals surface area contributed by atoms with Crippen molar-refractivity contribution in [2.75, 3.05) is 19.0 Å². The summed E-state index contributed by atoms with van der Waals surface area (Å²) in [7, 11) is 1.56. The fourth-order valence-corrected chi connectivity index (χ4v) is 1.87. The minimum atomic E-state index is -0.454. The number of esters is 1. The van der Waals surface area contributed by atoms with Crippen molar-refractivity contribution in [1.82, 2.24) is 10.3 Å². The van der Waals surface area contributed by atoms with Gasteiger partial charge in [-0.1, -0.05) is 0 Å². The number of ether oxygens (including phenoxy) is 1. The van der Waals surface area contributed by atoms with E-state index >= 15 is 0 Å². The number of aromatic nitrogens is 1. The van der Waals surface area contributed by atoms with Crippen LogP contribution in [0, 0.1) is 0 Å². The van der Waals surface area contributed by atoms with Crippen molar-refractivity contribution < 1.29 is 14.3 Å². The smallest absolute Gasteiger partial charge is 0.357 e. The molecule has 1 amide bonds. The molecule has 17 heavy (non-hydrogen) atoms. The molecule has 1 atom stereocenters. The van der Waals surface area contributed by atoms with E-state index in [2.05, 4.69) is 15.6 Å². The maximum Gasteiger partial charge on any atom is 0.357 e. The Morgan fingerprint density at radius 2 is 2.29 bits per heavy atom. The highest BCUT2D eigenvalue weighted by Gasteiger charge is 2.15. The second-order valence-electron chi connectivity index (χ2n) is 3.24. The average Bonchev–Trinajstić information content (AvgIpc) is 2.76. The number of nitrogens with zero attached hydrogens (tertiary/aromatic N) is 1. The van der Waals surface area contributed by atoms with Crippen molar-refractivity contribution in [1.29, 1.82) is 0 Å². The van der Waals surface area contributed by atoms with Crippen LogP contribution in [0.25, 0.3) is 0 Å². The van der Waals surface area contributed by atoms with Crippen LogP contribution in [-0.2, 0) is 9.53 Å². The van der Waals surface area contributed by atoms with Gasteiger partial charge in [0.1, 0.15) is 6.04 Å². The topological polar surface area (TPSA) is 80.3 Å². The Balaban J connectivity index is 2.62. The van der Waals surface area contributed by atoms with Crippen LogP contribution in [0.5, 0.6) is 0 Å². The first-order chi connectivity index (χ1) is 8.08. The van der Waals surface area contributed by atoms with Gasteiger partial charge in [0.05, 0.1) is 6.61 Å². The molecule has 0 radical (unpaired) electrons. The first kappa shape index (κ1) is 13.4. The summed E-state index contributed by atoms with van der Waals surface area (Å²) in [4.78, 5) is 26.7. The molecule has 0 saturated carbocycles. The lowest BCUT2D eigenvalue weighted by Gasteiger charge is -2.10. The molecule has 0 fully saturated rings. The Hall–Kier alpha value is -1.63. The largest absolute Gasteiger partial charge is 0.461 e.